The summed E-state index contributed by atoms with van der Waals surface area (Å²) in [6, 6.07) is 22.2. The van der Waals surface area contributed by atoms with Crippen LogP contribution in [-0.2, 0) is 12.8 Å². The molecule has 4 aromatic rings. The second-order valence-corrected chi connectivity index (χ2v) is 8.17. The normalized spacial score (nSPS) is 12.1. The minimum Gasteiger partial charge on any atom is -0.508 e. The first-order valence-electron chi connectivity index (χ1n) is 11.0. The molecule has 1 unspecified atom stereocenters. The van der Waals surface area contributed by atoms with E-state index in [1.807, 2.05) is 60.7 Å². The molecule has 0 spiro atoms. The molecule has 3 aromatic carbocycles. The SMILES string of the molecule is C=C(O)c1ccc(CCC(/C=C\c2ccccc2F)Cc2ccc(-c3noc(=O)[nH]3)cc2)cc1. The largest absolute Gasteiger partial charge is 0.508 e. The van der Waals surface area contributed by atoms with Crippen molar-refractivity contribution in [1.82, 2.24) is 10.1 Å². The van der Waals surface area contributed by atoms with Gasteiger partial charge in [-0.1, -0.05) is 90.6 Å². The van der Waals surface area contributed by atoms with Gasteiger partial charge in [-0.15, -0.1) is 0 Å². The van der Waals surface area contributed by atoms with Gasteiger partial charge in [-0.05, 0) is 42.4 Å². The summed E-state index contributed by atoms with van der Waals surface area (Å²) in [5.74, 6) is -0.223. The van der Waals surface area contributed by atoms with Crippen LogP contribution in [0.2, 0.25) is 0 Å². The molecule has 1 aromatic heterocycles. The fourth-order valence-corrected chi connectivity index (χ4v) is 3.79. The summed E-state index contributed by atoms with van der Waals surface area (Å²) in [6.07, 6.45) is 6.37. The van der Waals surface area contributed by atoms with Crippen molar-refractivity contribution in [1.29, 1.82) is 0 Å². The van der Waals surface area contributed by atoms with Gasteiger partial charge in [0.2, 0.25) is 0 Å². The number of hydrogen-bond donors (Lipinski definition) is 2. The third-order valence-electron chi connectivity index (χ3n) is 5.71. The van der Waals surface area contributed by atoms with Crippen molar-refractivity contribution in [2.24, 2.45) is 5.92 Å². The number of hydrogen-bond acceptors (Lipinski definition) is 4. The van der Waals surface area contributed by atoms with Gasteiger partial charge in [0.25, 0.3) is 0 Å². The van der Waals surface area contributed by atoms with Gasteiger partial charge in [-0.3, -0.25) is 9.51 Å². The number of aliphatic hydroxyl groups is 1. The third-order valence-corrected chi connectivity index (χ3v) is 5.71. The van der Waals surface area contributed by atoms with E-state index in [2.05, 4.69) is 27.3 Å². The highest BCUT2D eigenvalue weighted by molar-refractivity contribution is 5.56. The molecule has 0 aliphatic heterocycles. The van der Waals surface area contributed by atoms with Gasteiger partial charge in [-0.25, -0.2) is 9.18 Å². The standard InChI is InChI=1S/C28H25FN2O3/c1-19(32)23-13-8-20(9-14-23)6-7-21(10-15-24-4-2-3-5-26(24)29)18-22-11-16-25(17-12-22)27-30-28(33)34-31-27/h2-5,8-17,21,32H,1,6-7,18H2,(H,30,31,33)/b15-10-. The lowest BCUT2D eigenvalue weighted by Gasteiger charge is -2.14. The van der Waals surface area contributed by atoms with Crippen molar-refractivity contribution >= 4 is 11.8 Å². The zero-order valence-electron chi connectivity index (χ0n) is 18.6. The van der Waals surface area contributed by atoms with Crippen molar-refractivity contribution < 1.29 is 14.0 Å². The van der Waals surface area contributed by atoms with Crippen molar-refractivity contribution in [3.05, 3.63) is 124 Å². The van der Waals surface area contributed by atoms with E-state index >= 15 is 0 Å². The summed E-state index contributed by atoms with van der Waals surface area (Å²) in [5.41, 5.74) is 4.29. The molecule has 0 aliphatic carbocycles. The van der Waals surface area contributed by atoms with Crippen LogP contribution in [0.15, 0.2) is 94.8 Å². The number of aliphatic hydroxyl groups excluding tert-OH is 1. The zero-order valence-corrected chi connectivity index (χ0v) is 18.6. The molecule has 0 radical (unpaired) electrons. The smallest absolute Gasteiger partial charge is 0.439 e. The van der Waals surface area contributed by atoms with Crippen LogP contribution in [0.4, 0.5) is 4.39 Å². The van der Waals surface area contributed by atoms with Gasteiger partial charge in [0.1, 0.15) is 11.6 Å². The fraction of sp³-hybridized carbons (Fsp3) is 0.143. The molecule has 5 nitrogen and oxygen atoms in total. The van der Waals surface area contributed by atoms with Gasteiger partial charge in [-0.2, -0.15) is 0 Å². The molecule has 0 amide bonds. The second-order valence-electron chi connectivity index (χ2n) is 8.17. The van der Waals surface area contributed by atoms with E-state index in [1.165, 1.54) is 6.07 Å². The zero-order chi connectivity index (χ0) is 23.9. The highest BCUT2D eigenvalue weighted by Gasteiger charge is 2.10. The summed E-state index contributed by atoms with van der Waals surface area (Å²) in [6.45, 7) is 3.55. The Balaban J connectivity index is 1.50. The molecule has 0 saturated heterocycles. The van der Waals surface area contributed by atoms with Crippen LogP contribution in [0.5, 0.6) is 0 Å². The Morgan fingerprint density at radius 1 is 1.06 bits per heavy atom. The topological polar surface area (TPSA) is 79.1 Å². The lowest BCUT2D eigenvalue weighted by molar-refractivity contribution is 0.388. The first-order chi connectivity index (χ1) is 16.5. The Morgan fingerprint density at radius 2 is 1.76 bits per heavy atom. The van der Waals surface area contributed by atoms with E-state index in [9.17, 15) is 14.3 Å². The number of benzene rings is 3. The number of aromatic amines is 1. The van der Waals surface area contributed by atoms with Gasteiger partial charge < -0.3 is 5.11 Å². The van der Waals surface area contributed by atoms with Crippen LogP contribution in [0.25, 0.3) is 23.2 Å². The molecule has 1 heterocycles. The van der Waals surface area contributed by atoms with Crippen LogP contribution in [-0.4, -0.2) is 15.2 Å². The number of H-pyrrole nitrogens is 1. The van der Waals surface area contributed by atoms with E-state index in [1.54, 1.807) is 12.1 Å². The van der Waals surface area contributed by atoms with Crippen molar-refractivity contribution in [2.75, 3.05) is 0 Å². The quantitative estimate of drug-likeness (QED) is 0.294. The number of halogens is 1. The minimum atomic E-state index is -0.589. The maximum atomic E-state index is 14.1. The molecule has 0 bridgehead atoms. The van der Waals surface area contributed by atoms with E-state index < -0.39 is 5.76 Å². The van der Waals surface area contributed by atoms with Crippen LogP contribution in [0, 0.1) is 11.7 Å². The maximum Gasteiger partial charge on any atom is 0.439 e. The Kier molecular flexibility index (Phi) is 7.18. The van der Waals surface area contributed by atoms with E-state index in [0.29, 0.717) is 17.0 Å². The Labute approximate surface area is 196 Å². The number of aromatic nitrogens is 2. The average Bonchev–Trinajstić information content (AvgIpc) is 3.28. The van der Waals surface area contributed by atoms with Crippen molar-refractivity contribution in [3.63, 3.8) is 0 Å². The van der Waals surface area contributed by atoms with Crippen molar-refractivity contribution in [3.8, 4) is 11.4 Å². The number of aryl methyl sites for hydroxylation is 1. The fourth-order valence-electron chi connectivity index (χ4n) is 3.79. The van der Waals surface area contributed by atoms with Crippen LogP contribution < -0.4 is 5.76 Å². The molecule has 172 valence electrons. The molecule has 0 fully saturated rings. The first kappa shape index (κ1) is 23.0. The van der Waals surface area contributed by atoms with Crippen LogP contribution >= 0.6 is 0 Å². The summed E-state index contributed by atoms with van der Waals surface area (Å²) in [4.78, 5) is 13.7. The van der Waals surface area contributed by atoms with Gasteiger partial charge in [0.15, 0.2) is 5.82 Å². The van der Waals surface area contributed by atoms with Crippen molar-refractivity contribution in [2.45, 2.75) is 19.3 Å². The Hall–Kier alpha value is -4.19. The number of nitrogens with one attached hydrogen (secondary N) is 1. The summed E-state index contributed by atoms with van der Waals surface area (Å²) in [7, 11) is 0. The maximum absolute atomic E-state index is 14.1. The highest BCUT2D eigenvalue weighted by atomic mass is 19.1. The highest BCUT2D eigenvalue weighted by Crippen LogP contribution is 2.22. The van der Waals surface area contributed by atoms with Gasteiger partial charge >= 0.3 is 5.76 Å². The van der Waals surface area contributed by atoms with E-state index in [-0.39, 0.29) is 17.5 Å². The van der Waals surface area contributed by atoms with Crippen LogP contribution in [0.1, 0.15) is 28.7 Å². The number of allylic oxidation sites excluding steroid dienone is 1. The summed E-state index contributed by atoms with van der Waals surface area (Å²) in [5, 5.41) is 13.2. The second kappa shape index (κ2) is 10.6. The number of nitrogens with zero attached hydrogens (tertiary/aromatic N) is 1. The first-order valence-corrected chi connectivity index (χ1v) is 11.0. The van der Waals surface area contributed by atoms with Gasteiger partial charge in [0.05, 0.1) is 0 Å². The molecule has 0 aliphatic rings. The third kappa shape index (κ3) is 5.98. The molecule has 6 heteroatoms. The van der Waals surface area contributed by atoms with E-state index in [4.69, 9.17) is 0 Å². The Bertz CT molecular complexity index is 1340. The molecular weight excluding hydrogens is 431 g/mol. The summed E-state index contributed by atoms with van der Waals surface area (Å²) >= 11 is 0. The van der Waals surface area contributed by atoms with E-state index in [0.717, 1.165) is 36.0 Å². The molecule has 0 saturated carbocycles. The number of rotatable bonds is 9. The minimum absolute atomic E-state index is 0.0513. The molecular formula is C28H25FN2O3. The van der Waals surface area contributed by atoms with Crippen LogP contribution in [0.3, 0.4) is 0 Å². The summed E-state index contributed by atoms with van der Waals surface area (Å²) < 4.78 is 18.7. The Morgan fingerprint density at radius 3 is 2.41 bits per heavy atom. The lowest BCUT2D eigenvalue weighted by Crippen LogP contribution is -2.04. The average molecular weight is 457 g/mol. The van der Waals surface area contributed by atoms with Gasteiger partial charge in [0, 0.05) is 16.7 Å². The lowest BCUT2D eigenvalue weighted by atomic mass is 9.91. The molecule has 4 rings (SSSR count). The predicted molar refractivity (Wildman–Crippen MR) is 132 cm³/mol. The molecule has 2 N–H and O–H groups in total. The molecule has 34 heavy (non-hydrogen) atoms. The molecule has 1 atom stereocenters. The predicted octanol–water partition coefficient (Wildman–Crippen LogP) is 6.20. The monoisotopic (exact) mass is 456 g/mol.